The molecule has 1 aromatic heterocycles. The number of hydrogen-bond donors (Lipinski definition) is 1. The predicted molar refractivity (Wildman–Crippen MR) is 76.8 cm³/mol. The number of anilines is 1. The second-order valence-electron chi connectivity index (χ2n) is 4.47. The van der Waals surface area contributed by atoms with Gasteiger partial charge in [-0.1, -0.05) is 12.1 Å². The number of rotatable bonds is 2. The van der Waals surface area contributed by atoms with Crippen molar-refractivity contribution in [3.05, 3.63) is 53.8 Å². The Morgan fingerprint density at radius 2 is 2.05 bits per heavy atom. The van der Waals surface area contributed by atoms with Gasteiger partial charge in [0.05, 0.1) is 12.6 Å². The molecule has 0 aliphatic heterocycles. The van der Waals surface area contributed by atoms with Crippen molar-refractivity contribution in [3.8, 4) is 5.75 Å². The van der Waals surface area contributed by atoms with Crippen LogP contribution in [0.4, 0.5) is 10.2 Å². The highest BCUT2D eigenvalue weighted by Crippen LogP contribution is 2.22. The third-order valence-corrected chi connectivity index (χ3v) is 3.21. The van der Waals surface area contributed by atoms with Crippen LogP contribution in [0, 0.1) is 5.82 Å². The number of nitrogen functional groups attached to an aromatic ring is 1. The van der Waals surface area contributed by atoms with E-state index >= 15 is 0 Å². The summed E-state index contributed by atoms with van der Waals surface area (Å²) in [4.78, 5) is 12.5. The summed E-state index contributed by atoms with van der Waals surface area (Å²) >= 11 is 0. The molecule has 3 rings (SSSR count). The van der Waals surface area contributed by atoms with E-state index in [0.29, 0.717) is 10.9 Å². The molecule has 0 aliphatic rings. The third kappa shape index (κ3) is 2.10. The van der Waals surface area contributed by atoms with E-state index in [-0.39, 0.29) is 17.1 Å². The summed E-state index contributed by atoms with van der Waals surface area (Å²) in [7, 11) is 1.36. The van der Waals surface area contributed by atoms with Crippen molar-refractivity contribution >= 4 is 22.6 Å². The number of carbonyl (C=O) groups excluding carboxylic acids is 1. The number of nitrogens with two attached hydrogens (primary N) is 1. The Labute approximate surface area is 119 Å². The van der Waals surface area contributed by atoms with Crippen LogP contribution in [0.15, 0.2) is 42.5 Å². The summed E-state index contributed by atoms with van der Waals surface area (Å²) in [6.45, 7) is 0. The Morgan fingerprint density at radius 1 is 1.29 bits per heavy atom. The molecule has 0 amide bonds. The molecular weight excluding hydrogens is 273 g/mol. The van der Waals surface area contributed by atoms with E-state index in [2.05, 4.69) is 5.10 Å². The molecule has 0 bridgehead atoms. The largest absolute Gasteiger partial charge is 0.494 e. The van der Waals surface area contributed by atoms with Crippen molar-refractivity contribution in [1.29, 1.82) is 0 Å². The molecule has 0 spiro atoms. The summed E-state index contributed by atoms with van der Waals surface area (Å²) in [5, 5.41) is 4.71. The Morgan fingerprint density at radius 3 is 2.76 bits per heavy atom. The van der Waals surface area contributed by atoms with Gasteiger partial charge in [-0.2, -0.15) is 4.68 Å². The van der Waals surface area contributed by atoms with Crippen molar-refractivity contribution in [3.63, 3.8) is 0 Å². The first-order chi connectivity index (χ1) is 10.1. The summed E-state index contributed by atoms with van der Waals surface area (Å²) in [6.07, 6.45) is 0. The molecule has 3 aromatic rings. The lowest BCUT2D eigenvalue weighted by atomic mass is 10.2. The normalized spacial score (nSPS) is 10.8. The first-order valence-corrected chi connectivity index (χ1v) is 6.23. The molecular formula is C15H12FN3O2. The molecule has 0 saturated heterocycles. The zero-order valence-corrected chi connectivity index (χ0v) is 11.2. The molecule has 21 heavy (non-hydrogen) atoms. The lowest BCUT2D eigenvalue weighted by Crippen LogP contribution is -2.14. The lowest BCUT2D eigenvalue weighted by molar-refractivity contribution is 0.0950. The molecule has 0 aliphatic carbocycles. The van der Waals surface area contributed by atoms with Crippen LogP contribution in [0.2, 0.25) is 0 Å². The maximum Gasteiger partial charge on any atom is 0.278 e. The van der Waals surface area contributed by atoms with Gasteiger partial charge in [-0.25, -0.2) is 4.39 Å². The molecule has 6 heteroatoms. The predicted octanol–water partition coefficient (Wildman–Crippen LogP) is 2.45. The fourth-order valence-corrected chi connectivity index (χ4v) is 2.17. The minimum Gasteiger partial charge on any atom is -0.494 e. The van der Waals surface area contributed by atoms with Gasteiger partial charge in [0, 0.05) is 10.9 Å². The quantitative estimate of drug-likeness (QED) is 0.785. The summed E-state index contributed by atoms with van der Waals surface area (Å²) in [6, 6.07) is 11.1. The summed E-state index contributed by atoms with van der Waals surface area (Å²) in [5.41, 5.74) is 6.54. The van der Waals surface area contributed by atoms with E-state index in [4.69, 9.17) is 10.5 Å². The van der Waals surface area contributed by atoms with Gasteiger partial charge in [-0.15, -0.1) is 5.10 Å². The van der Waals surface area contributed by atoms with Crippen LogP contribution in [-0.4, -0.2) is 22.8 Å². The van der Waals surface area contributed by atoms with E-state index in [1.165, 1.54) is 23.9 Å². The molecule has 0 fully saturated rings. The van der Waals surface area contributed by atoms with E-state index in [0.717, 1.165) is 6.07 Å². The van der Waals surface area contributed by atoms with Crippen LogP contribution in [-0.2, 0) is 0 Å². The van der Waals surface area contributed by atoms with Gasteiger partial charge < -0.3 is 10.5 Å². The number of halogens is 1. The van der Waals surface area contributed by atoms with Crippen LogP contribution in [0.1, 0.15) is 10.4 Å². The van der Waals surface area contributed by atoms with Gasteiger partial charge in [-0.05, 0) is 30.3 Å². The van der Waals surface area contributed by atoms with Crippen molar-refractivity contribution in [2.45, 2.75) is 0 Å². The molecule has 1 heterocycles. The van der Waals surface area contributed by atoms with Gasteiger partial charge >= 0.3 is 0 Å². The average Bonchev–Trinajstić information content (AvgIpc) is 2.84. The number of hydrogen-bond acceptors (Lipinski definition) is 4. The molecule has 2 N–H and O–H groups in total. The van der Waals surface area contributed by atoms with Gasteiger partial charge in [-0.3, -0.25) is 4.79 Å². The highest BCUT2D eigenvalue weighted by atomic mass is 19.1. The fourth-order valence-electron chi connectivity index (χ4n) is 2.17. The molecule has 0 atom stereocenters. The first-order valence-electron chi connectivity index (χ1n) is 6.23. The van der Waals surface area contributed by atoms with Crippen LogP contribution >= 0.6 is 0 Å². The van der Waals surface area contributed by atoms with Crippen LogP contribution < -0.4 is 10.5 Å². The molecule has 2 aromatic carbocycles. The monoisotopic (exact) mass is 285 g/mol. The number of para-hydroxylation sites is 1. The average molecular weight is 285 g/mol. The fraction of sp³-hybridized carbons (Fsp3) is 0.0667. The van der Waals surface area contributed by atoms with Crippen LogP contribution in [0.5, 0.6) is 5.75 Å². The van der Waals surface area contributed by atoms with Crippen molar-refractivity contribution in [2.24, 2.45) is 0 Å². The Bertz CT molecular complexity index is 842. The molecule has 106 valence electrons. The zero-order chi connectivity index (χ0) is 15.0. The smallest absolute Gasteiger partial charge is 0.278 e. The minimum absolute atomic E-state index is 0.0800. The lowest BCUT2D eigenvalue weighted by Gasteiger charge is -2.05. The molecule has 0 saturated carbocycles. The third-order valence-electron chi connectivity index (χ3n) is 3.21. The highest BCUT2D eigenvalue weighted by molar-refractivity contribution is 6.03. The van der Waals surface area contributed by atoms with Crippen molar-refractivity contribution in [1.82, 2.24) is 9.78 Å². The topological polar surface area (TPSA) is 70.1 Å². The number of benzene rings is 2. The number of carbonyl (C=O) groups is 1. The highest BCUT2D eigenvalue weighted by Gasteiger charge is 2.17. The van der Waals surface area contributed by atoms with Crippen molar-refractivity contribution in [2.75, 3.05) is 12.8 Å². The number of methoxy groups -OCH3 is 1. The maximum atomic E-state index is 13.7. The molecule has 0 unspecified atom stereocenters. The molecule has 0 radical (unpaired) electrons. The summed E-state index contributed by atoms with van der Waals surface area (Å²) < 4.78 is 19.7. The maximum absolute atomic E-state index is 13.7. The second-order valence-corrected chi connectivity index (χ2v) is 4.47. The Kier molecular flexibility index (Phi) is 3.06. The van der Waals surface area contributed by atoms with E-state index in [1.807, 2.05) is 6.07 Å². The van der Waals surface area contributed by atoms with Gasteiger partial charge in [0.1, 0.15) is 0 Å². The van der Waals surface area contributed by atoms with Gasteiger partial charge in [0.25, 0.3) is 5.91 Å². The van der Waals surface area contributed by atoms with Crippen molar-refractivity contribution < 1.29 is 13.9 Å². The van der Waals surface area contributed by atoms with Crippen LogP contribution in [0.3, 0.4) is 0 Å². The standard InChI is InChI=1S/C15H12FN3O2/c1-21-13-7-6-9(8-11(13)16)15(20)19-12-5-3-2-4-10(12)14(17)18-19/h2-8H,1H3,(H2,17,18). The number of nitrogens with zero attached hydrogens (tertiary/aromatic N) is 2. The number of fused-ring (bicyclic) bond motifs is 1. The minimum atomic E-state index is -0.604. The number of ether oxygens (including phenoxy) is 1. The molecule has 5 nitrogen and oxygen atoms in total. The second kappa shape index (κ2) is 4.90. The van der Waals surface area contributed by atoms with Crippen LogP contribution in [0.25, 0.3) is 10.9 Å². The SMILES string of the molecule is COc1ccc(C(=O)n2nc(N)c3ccccc32)cc1F. The number of aromatic nitrogens is 2. The van der Waals surface area contributed by atoms with E-state index in [9.17, 15) is 9.18 Å². The van der Waals surface area contributed by atoms with E-state index in [1.54, 1.807) is 18.2 Å². The Hall–Kier alpha value is -2.89. The first kappa shape index (κ1) is 13.1. The van der Waals surface area contributed by atoms with E-state index < -0.39 is 11.7 Å². The zero-order valence-electron chi connectivity index (χ0n) is 11.2. The Balaban J connectivity index is 2.10. The van der Waals surface area contributed by atoms with Gasteiger partial charge in [0.15, 0.2) is 17.4 Å². The van der Waals surface area contributed by atoms with Gasteiger partial charge in [0.2, 0.25) is 0 Å². The summed E-state index contributed by atoms with van der Waals surface area (Å²) in [5.74, 6) is -0.721.